The Morgan fingerprint density at radius 2 is 1.92 bits per heavy atom. The van der Waals surface area contributed by atoms with Crippen molar-refractivity contribution in [2.24, 2.45) is 0 Å². The van der Waals surface area contributed by atoms with E-state index < -0.39 is 0 Å². The van der Waals surface area contributed by atoms with Gasteiger partial charge < -0.3 is 5.32 Å². The van der Waals surface area contributed by atoms with Gasteiger partial charge in [0, 0.05) is 30.8 Å². The second-order valence-corrected chi connectivity index (χ2v) is 6.28. The molecule has 7 nitrogen and oxygen atoms in total. The van der Waals surface area contributed by atoms with Gasteiger partial charge in [-0.15, -0.1) is 0 Å². The zero-order valence-electron chi connectivity index (χ0n) is 13.4. The van der Waals surface area contributed by atoms with Crippen LogP contribution in [0.15, 0.2) is 35.4 Å². The van der Waals surface area contributed by atoms with E-state index in [0.29, 0.717) is 11.4 Å². The number of fused-ring (bicyclic) bond motifs is 2. The summed E-state index contributed by atoms with van der Waals surface area (Å²) >= 11 is 0. The second kappa shape index (κ2) is 5.30. The number of hydrogen-bond donors (Lipinski definition) is 2. The minimum absolute atomic E-state index is 0.0444. The molecule has 1 aliphatic heterocycles. The lowest BCUT2D eigenvalue weighted by Gasteiger charge is -2.24. The highest BCUT2D eigenvalue weighted by Gasteiger charge is 2.33. The summed E-state index contributed by atoms with van der Waals surface area (Å²) in [4.78, 5) is 33.2. The molecule has 0 saturated heterocycles. The number of nitrogens with one attached hydrogen (secondary N) is 2. The Bertz CT molecular complexity index is 1000. The van der Waals surface area contributed by atoms with Gasteiger partial charge in [0.2, 0.25) is 5.91 Å². The minimum atomic E-state index is -0.288. The van der Waals surface area contributed by atoms with Crippen molar-refractivity contribution >= 4 is 22.8 Å². The Morgan fingerprint density at radius 1 is 1.17 bits per heavy atom. The number of hydrogen-bond acceptors (Lipinski definition) is 4. The van der Waals surface area contributed by atoms with Gasteiger partial charge in [-0.3, -0.25) is 29.3 Å². The topological polar surface area (TPSA) is 92.7 Å². The van der Waals surface area contributed by atoms with Crippen molar-refractivity contribution in [3.8, 4) is 0 Å². The van der Waals surface area contributed by atoms with Gasteiger partial charge in [0.15, 0.2) is 0 Å². The summed E-state index contributed by atoms with van der Waals surface area (Å²) in [5, 5.41) is 5.66. The lowest BCUT2D eigenvalue weighted by Crippen LogP contribution is -2.27. The van der Waals surface area contributed by atoms with Crippen molar-refractivity contribution in [2.45, 2.75) is 32.2 Å². The van der Waals surface area contributed by atoms with Crippen molar-refractivity contribution in [1.82, 2.24) is 19.7 Å². The number of benzene rings is 1. The average Bonchev–Trinajstić information content (AvgIpc) is 2.90. The van der Waals surface area contributed by atoms with Crippen molar-refractivity contribution in [3.63, 3.8) is 0 Å². The van der Waals surface area contributed by atoms with Crippen LogP contribution < -0.4 is 10.9 Å². The van der Waals surface area contributed by atoms with Gasteiger partial charge in [-0.05, 0) is 31.5 Å². The maximum atomic E-state index is 12.5. The van der Waals surface area contributed by atoms with E-state index in [-0.39, 0.29) is 29.8 Å². The van der Waals surface area contributed by atoms with Crippen LogP contribution in [0.3, 0.4) is 0 Å². The summed E-state index contributed by atoms with van der Waals surface area (Å²) < 4.78 is 1.71. The van der Waals surface area contributed by atoms with Gasteiger partial charge in [0.25, 0.3) is 5.56 Å². The zero-order valence-corrected chi connectivity index (χ0v) is 13.4. The summed E-state index contributed by atoms with van der Waals surface area (Å²) in [6.45, 7) is 3.91. The number of aromatic nitrogens is 4. The maximum absolute atomic E-state index is 12.5. The predicted molar refractivity (Wildman–Crippen MR) is 90.1 cm³/mol. The molecule has 0 radical (unpaired) electrons. The SMILES string of the molecule is CC(C)n1[nH]c(=O)c2c1NC(=O)C[C@H]2c1ccc2nccnc2c1. The molecule has 0 bridgehead atoms. The molecule has 4 rings (SSSR count). The molecule has 3 heterocycles. The molecular formula is C17H17N5O2. The molecule has 0 saturated carbocycles. The van der Waals surface area contributed by atoms with E-state index >= 15 is 0 Å². The van der Waals surface area contributed by atoms with Crippen LogP contribution in [-0.2, 0) is 4.79 Å². The van der Waals surface area contributed by atoms with E-state index in [1.54, 1.807) is 17.1 Å². The van der Waals surface area contributed by atoms with Crippen LogP contribution in [0.1, 0.15) is 43.4 Å². The van der Waals surface area contributed by atoms with Crippen LogP contribution in [0.5, 0.6) is 0 Å². The van der Waals surface area contributed by atoms with Crippen LogP contribution in [0.4, 0.5) is 5.82 Å². The first-order valence-corrected chi connectivity index (χ1v) is 7.89. The second-order valence-electron chi connectivity index (χ2n) is 6.28. The standard InChI is InChI=1S/C17H17N5O2/c1-9(2)22-16-15(17(24)21-22)11(8-14(23)20-16)10-3-4-12-13(7-10)19-6-5-18-12/h3-7,9,11H,8H2,1-2H3,(H,20,23)(H,21,24)/t11-/m0/s1. The summed E-state index contributed by atoms with van der Waals surface area (Å²) in [7, 11) is 0. The number of amides is 1. The smallest absolute Gasteiger partial charge is 0.270 e. The van der Waals surface area contributed by atoms with Crippen molar-refractivity contribution in [2.75, 3.05) is 5.32 Å². The average molecular weight is 323 g/mol. The van der Waals surface area contributed by atoms with Gasteiger partial charge in [0.1, 0.15) is 5.82 Å². The lowest BCUT2D eigenvalue weighted by atomic mass is 9.87. The third kappa shape index (κ3) is 2.20. The predicted octanol–water partition coefficient (Wildman–Crippen LogP) is 2.17. The molecule has 2 N–H and O–H groups in total. The zero-order chi connectivity index (χ0) is 16.8. The molecule has 0 unspecified atom stereocenters. The molecule has 1 aliphatic rings. The quantitative estimate of drug-likeness (QED) is 0.756. The highest BCUT2D eigenvalue weighted by molar-refractivity contribution is 5.94. The summed E-state index contributed by atoms with van der Waals surface area (Å²) in [5.41, 5.74) is 2.87. The highest BCUT2D eigenvalue weighted by atomic mass is 16.2. The van der Waals surface area contributed by atoms with E-state index in [4.69, 9.17) is 0 Å². The third-order valence-electron chi connectivity index (χ3n) is 4.37. The van der Waals surface area contributed by atoms with Crippen LogP contribution in [0, 0.1) is 0 Å². The molecule has 1 aromatic carbocycles. The number of carbonyl (C=O) groups is 1. The monoisotopic (exact) mass is 323 g/mol. The van der Waals surface area contributed by atoms with Gasteiger partial charge in [-0.2, -0.15) is 0 Å². The Hall–Kier alpha value is -2.96. The number of anilines is 1. The first-order chi connectivity index (χ1) is 11.5. The molecule has 24 heavy (non-hydrogen) atoms. The molecule has 1 amide bonds. The minimum Gasteiger partial charge on any atom is -0.311 e. The molecule has 0 spiro atoms. The molecule has 0 aliphatic carbocycles. The van der Waals surface area contributed by atoms with E-state index in [2.05, 4.69) is 20.4 Å². The van der Waals surface area contributed by atoms with Crippen molar-refractivity contribution in [3.05, 3.63) is 52.1 Å². The largest absolute Gasteiger partial charge is 0.311 e. The van der Waals surface area contributed by atoms with E-state index in [9.17, 15) is 9.59 Å². The Morgan fingerprint density at radius 3 is 2.67 bits per heavy atom. The molecular weight excluding hydrogens is 306 g/mol. The van der Waals surface area contributed by atoms with Crippen molar-refractivity contribution < 1.29 is 4.79 Å². The van der Waals surface area contributed by atoms with Crippen LogP contribution >= 0.6 is 0 Å². The lowest BCUT2D eigenvalue weighted by molar-refractivity contribution is -0.116. The van der Waals surface area contributed by atoms with E-state index in [1.807, 2.05) is 32.0 Å². The fourth-order valence-electron chi connectivity index (χ4n) is 3.25. The number of H-pyrrole nitrogens is 1. The normalized spacial score (nSPS) is 17.1. The van der Waals surface area contributed by atoms with Gasteiger partial charge >= 0.3 is 0 Å². The highest BCUT2D eigenvalue weighted by Crippen LogP contribution is 2.36. The fourth-order valence-corrected chi connectivity index (χ4v) is 3.25. The number of aromatic amines is 1. The van der Waals surface area contributed by atoms with Crippen molar-refractivity contribution in [1.29, 1.82) is 0 Å². The Balaban J connectivity index is 1.90. The maximum Gasteiger partial charge on any atom is 0.270 e. The van der Waals surface area contributed by atoms with Gasteiger partial charge in [-0.25, -0.2) is 0 Å². The number of carbonyl (C=O) groups excluding carboxylic acids is 1. The van der Waals surface area contributed by atoms with Crippen LogP contribution in [0.2, 0.25) is 0 Å². The summed E-state index contributed by atoms with van der Waals surface area (Å²) in [6, 6.07) is 5.73. The third-order valence-corrected chi connectivity index (χ3v) is 4.37. The number of rotatable bonds is 2. The van der Waals surface area contributed by atoms with Crippen LogP contribution in [-0.4, -0.2) is 25.7 Å². The molecule has 0 fully saturated rings. The number of nitrogens with zero attached hydrogens (tertiary/aromatic N) is 3. The fraction of sp³-hybridized carbons (Fsp3) is 0.294. The Labute approximate surface area is 137 Å². The van der Waals surface area contributed by atoms with Gasteiger partial charge in [0.05, 0.1) is 16.6 Å². The molecule has 122 valence electrons. The molecule has 2 aromatic heterocycles. The first-order valence-electron chi connectivity index (χ1n) is 7.89. The van der Waals surface area contributed by atoms with Crippen LogP contribution in [0.25, 0.3) is 11.0 Å². The van der Waals surface area contributed by atoms with E-state index in [0.717, 1.165) is 16.6 Å². The summed E-state index contributed by atoms with van der Waals surface area (Å²) in [6.07, 6.45) is 3.51. The first kappa shape index (κ1) is 14.6. The van der Waals surface area contributed by atoms with Gasteiger partial charge in [-0.1, -0.05) is 6.07 Å². The van der Waals surface area contributed by atoms with E-state index in [1.165, 1.54) is 0 Å². The molecule has 3 aromatic rings. The summed E-state index contributed by atoms with van der Waals surface area (Å²) in [5.74, 6) is 0.180. The molecule has 1 atom stereocenters. The Kier molecular flexibility index (Phi) is 3.23. The molecule has 7 heteroatoms.